The lowest BCUT2D eigenvalue weighted by Gasteiger charge is -2.32. The second-order valence-electron chi connectivity index (χ2n) is 8.47. The Bertz CT molecular complexity index is 1230. The van der Waals surface area contributed by atoms with E-state index in [0.29, 0.717) is 29.3 Å². The predicted molar refractivity (Wildman–Crippen MR) is 117 cm³/mol. The van der Waals surface area contributed by atoms with E-state index in [0.717, 1.165) is 31.6 Å². The summed E-state index contributed by atoms with van der Waals surface area (Å²) >= 11 is 0. The van der Waals surface area contributed by atoms with Crippen LogP contribution in [0.25, 0.3) is 10.9 Å². The Hall–Kier alpha value is -2.86. The molecule has 6 nitrogen and oxygen atoms in total. The zero-order valence-corrected chi connectivity index (χ0v) is 17.4. The second-order valence-corrected chi connectivity index (χ2v) is 8.47. The Morgan fingerprint density at radius 1 is 1.13 bits per heavy atom. The SMILES string of the molecule is COc1cccc2c1CC[C@H]1CNC(CCn3c(=O)c4ccccc4n(C)c3=O)[C@@H]21. The van der Waals surface area contributed by atoms with Crippen LogP contribution in [0.2, 0.25) is 0 Å². The first-order valence-electron chi connectivity index (χ1n) is 10.7. The fourth-order valence-corrected chi connectivity index (χ4v) is 5.53. The fourth-order valence-electron chi connectivity index (χ4n) is 5.53. The Morgan fingerprint density at radius 3 is 2.80 bits per heavy atom. The highest BCUT2D eigenvalue weighted by Crippen LogP contribution is 2.45. The maximum atomic E-state index is 13.0. The van der Waals surface area contributed by atoms with Crippen molar-refractivity contribution in [3.05, 3.63) is 74.4 Å². The molecule has 1 saturated heterocycles. The topological polar surface area (TPSA) is 65.3 Å². The van der Waals surface area contributed by atoms with Gasteiger partial charge in [-0.2, -0.15) is 0 Å². The van der Waals surface area contributed by atoms with Gasteiger partial charge in [-0.15, -0.1) is 0 Å². The summed E-state index contributed by atoms with van der Waals surface area (Å²) in [7, 11) is 3.46. The molecule has 0 saturated carbocycles. The fraction of sp³-hybridized carbons (Fsp3) is 0.417. The van der Waals surface area contributed by atoms with Crippen molar-refractivity contribution in [2.75, 3.05) is 13.7 Å². The number of nitrogens with one attached hydrogen (secondary N) is 1. The van der Waals surface area contributed by atoms with E-state index in [9.17, 15) is 9.59 Å². The molecule has 2 aromatic carbocycles. The quantitative estimate of drug-likeness (QED) is 0.724. The molecule has 0 amide bonds. The van der Waals surface area contributed by atoms with Crippen molar-refractivity contribution < 1.29 is 4.74 Å². The van der Waals surface area contributed by atoms with Gasteiger partial charge in [0.05, 0.1) is 18.0 Å². The van der Waals surface area contributed by atoms with Crippen LogP contribution < -0.4 is 21.3 Å². The molecule has 2 aliphatic rings. The smallest absolute Gasteiger partial charge is 0.331 e. The summed E-state index contributed by atoms with van der Waals surface area (Å²) in [6.07, 6.45) is 2.92. The van der Waals surface area contributed by atoms with Crippen LogP contribution in [-0.4, -0.2) is 28.8 Å². The zero-order chi connectivity index (χ0) is 20.8. The third-order valence-corrected chi connectivity index (χ3v) is 7.02. The number of aromatic nitrogens is 2. The van der Waals surface area contributed by atoms with Crippen LogP contribution in [0.3, 0.4) is 0 Å². The van der Waals surface area contributed by atoms with E-state index in [1.54, 1.807) is 24.8 Å². The standard InChI is InChI=1S/C24H27N3O3/c1-26-20-8-4-3-6-18(20)23(28)27(24(26)29)13-12-19-22-15(14-25-19)10-11-16-17(22)7-5-9-21(16)30-2/h3-9,15,19,22,25H,10-14H2,1-2H3/t15-,19?,22+/m0/s1. The van der Waals surface area contributed by atoms with Crippen molar-refractivity contribution >= 4 is 10.9 Å². The molecule has 6 heteroatoms. The lowest BCUT2D eigenvalue weighted by Crippen LogP contribution is -2.41. The van der Waals surface area contributed by atoms with Gasteiger partial charge in [-0.3, -0.25) is 13.9 Å². The van der Waals surface area contributed by atoms with Crippen LogP contribution in [-0.2, 0) is 20.0 Å². The number of hydrogen-bond donors (Lipinski definition) is 1. The number of aryl methyl sites for hydroxylation is 1. The molecule has 156 valence electrons. The van der Waals surface area contributed by atoms with Gasteiger partial charge in [0.2, 0.25) is 0 Å². The van der Waals surface area contributed by atoms with Crippen LogP contribution >= 0.6 is 0 Å². The van der Waals surface area contributed by atoms with E-state index in [-0.39, 0.29) is 17.3 Å². The van der Waals surface area contributed by atoms with Gasteiger partial charge >= 0.3 is 5.69 Å². The second kappa shape index (κ2) is 7.43. The van der Waals surface area contributed by atoms with Gasteiger partial charge in [-0.1, -0.05) is 24.3 Å². The minimum atomic E-state index is -0.251. The number of benzene rings is 2. The Kier molecular flexibility index (Phi) is 4.74. The molecule has 3 aromatic rings. The largest absolute Gasteiger partial charge is 0.496 e. The number of nitrogens with zero attached hydrogens (tertiary/aromatic N) is 2. The molecule has 1 aliphatic heterocycles. The predicted octanol–water partition coefficient (Wildman–Crippen LogP) is 2.42. The summed E-state index contributed by atoms with van der Waals surface area (Å²) in [6, 6.07) is 13.9. The summed E-state index contributed by atoms with van der Waals surface area (Å²) in [5.41, 5.74) is 2.90. The highest BCUT2D eigenvalue weighted by atomic mass is 16.5. The summed E-state index contributed by atoms with van der Waals surface area (Å²) in [5.74, 6) is 1.95. The van der Waals surface area contributed by atoms with Gasteiger partial charge in [-0.25, -0.2) is 4.79 Å². The van der Waals surface area contributed by atoms with Crippen molar-refractivity contribution in [1.82, 2.24) is 14.5 Å². The summed E-state index contributed by atoms with van der Waals surface area (Å²) in [5, 5.41) is 4.26. The minimum Gasteiger partial charge on any atom is -0.496 e. The minimum absolute atomic E-state index is 0.200. The number of rotatable bonds is 4. The maximum absolute atomic E-state index is 13.0. The van der Waals surface area contributed by atoms with Gasteiger partial charge in [-0.05, 0) is 61.1 Å². The summed E-state index contributed by atoms with van der Waals surface area (Å²) in [6.45, 7) is 1.40. The van der Waals surface area contributed by atoms with E-state index in [4.69, 9.17) is 4.74 Å². The number of fused-ring (bicyclic) bond motifs is 4. The van der Waals surface area contributed by atoms with Crippen molar-refractivity contribution in [2.45, 2.75) is 37.8 Å². The highest BCUT2D eigenvalue weighted by molar-refractivity contribution is 5.77. The maximum Gasteiger partial charge on any atom is 0.331 e. The van der Waals surface area contributed by atoms with Gasteiger partial charge in [0.25, 0.3) is 5.56 Å². The van der Waals surface area contributed by atoms with Gasteiger partial charge < -0.3 is 10.1 Å². The normalized spacial score (nSPS) is 22.7. The van der Waals surface area contributed by atoms with Crippen LogP contribution in [0, 0.1) is 5.92 Å². The molecule has 3 atom stereocenters. The van der Waals surface area contributed by atoms with E-state index < -0.39 is 0 Å². The highest BCUT2D eigenvalue weighted by Gasteiger charge is 2.40. The van der Waals surface area contributed by atoms with Gasteiger partial charge in [0, 0.05) is 25.6 Å². The molecule has 30 heavy (non-hydrogen) atoms. The zero-order valence-electron chi connectivity index (χ0n) is 17.4. The number of ether oxygens (including phenoxy) is 1. The molecule has 0 bridgehead atoms. The van der Waals surface area contributed by atoms with E-state index in [1.165, 1.54) is 15.7 Å². The molecule has 1 unspecified atom stereocenters. The molecule has 1 aliphatic carbocycles. The lowest BCUT2D eigenvalue weighted by molar-refractivity contribution is 0.370. The van der Waals surface area contributed by atoms with E-state index in [2.05, 4.69) is 17.4 Å². The molecule has 2 heterocycles. The Morgan fingerprint density at radius 2 is 1.97 bits per heavy atom. The molecule has 1 aromatic heterocycles. The Balaban J connectivity index is 1.47. The number of para-hydroxylation sites is 1. The first-order chi connectivity index (χ1) is 14.6. The molecule has 0 radical (unpaired) electrons. The van der Waals surface area contributed by atoms with Crippen molar-refractivity contribution in [3.63, 3.8) is 0 Å². The van der Waals surface area contributed by atoms with Crippen LogP contribution in [0.5, 0.6) is 5.75 Å². The number of methoxy groups -OCH3 is 1. The molecular weight excluding hydrogens is 378 g/mol. The molecule has 0 spiro atoms. The monoisotopic (exact) mass is 405 g/mol. The van der Waals surface area contributed by atoms with Gasteiger partial charge in [0.15, 0.2) is 0 Å². The van der Waals surface area contributed by atoms with Gasteiger partial charge in [0.1, 0.15) is 5.75 Å². The summed E-state index contributed by atoms with van der Waals surface area (Å²) < 4.78 is 8.57. The first kappa shape index (κ1) is 19.1. The van der Waals surface area contributed by atoms with Crippen LogP contribution in [0.4, 0.5) is 0 Å². The van der Waals surface area contributed by atoms with Crippen molar-refractivity contribution in [3.8, 4) is 5.75 Å². The molecular formula is C24H27N3O3. The molecule has 1 N–H and O–H groups in total. The lowest BCUT2D eigenvalue weighted by atomic mass is 9.73. The first-order valence-corrected chi connectivity index (χ1v) is 10.7. The Labute approximate surface area is 175 Å². The average molecular weight is 405 g/mol. The number of hydrogen-bond acceptors (Lipinski definition) is 4. The summed E-state index contributed by atoms with van der Waals surface area (Å²) in [4.78, 5) is 25.8. The third kappa shape index (κ3) is 2.89. The molecule has 1 fully saturated rings. The average Bonchev–Trinajstić information content (AvgIpc) is 3.20. The van der Waals surface area contributed by atoms with Crippen molar-refractivity contribution in [1.29, 1.82) is 0 Å². The molecule has 5 rings (SSSR count). The van der Waals surface area contributed by atoms with E-state index in [1.807, 2.05) is 24.3 Å². The van der Waals surface area contributed by atoms with E-state index >= 15 is 0 Å². The van der Waals surface area contributed by atoms with Crippen LogP contribution in [0.15, 0.2) is 52.1 Å². The third-order valence-electron chi connectivity index (χ3n) is 7.02. The van der Waals surface area contributed by atoms with Crippen molar-refractivity contribution in [2.24, 2.45) is 13.0 Å². The van der Waals surface area contributed by atoms with Crippen LogP contribution in [0.1, 0.15) is 29.9 Å².